The first kappa shape index (κ1) is 11.9. The first-order valence-electron chi connectivity index (χ1n) is 5.44. The first-order chi connectivity index (χ1) is 8.67. The van der Waals surface area contributed by atoms with Crippen molar-refractivity contribution in [3.8, 4) is 17.5 Å². The highest BCUT2D eigenvalue weighted by Gasteiger charge is 2.08. The van der Waals surface area contributed by atoms with E-state index in [4.69, 9.17) is 10.00 Å². The minimum absolute atomic E-state index is 0.128. The van der Waals surface area contributed by atoms with Gasteiger partial charge in [0.2, 0.25) is 0 Å². The second kappa shape index (κ2) is 4.76. The van der Waals surface area contributed by atoms with Crippen LogP contribution in [0.5, 0.6) is 5.75 Å². The molecule has 1 aromatic heterocycles. The van der Waals surface area contributed by atoms with Gasteiger partial charge in [-0.2, -0.15) is 5.26 Å². The number of ether oxygens (including phenoxy) is 1. The number of aromatic nitrogens is 1. The molecule has 0 spiro atoms. The highest BCUT2D eigenvalue weighted by Crippen LogP contribution is 2.16. The molecule has 0 unspecified atom stereocenters. The quantitative estimate of drug-likeness (QED) is 0.807. The van der Waals surface area contributed by atoms with Crippen molar-refractivity contribution in [2.45, 2.75) is 6.92 Å². The van der Waals surface area contributed by atoms with Gasteiger partial charge in [-0.05, 0) is 31.2 Å². The normalized spacial score (nSPS) is 9.83. The smallest absolute Gasteiger partial charge is 0.273 e. The summed E-state index contributed by atoms with van der Waals surface area (Å²) in [6.07, 6.45) is 0. The van der Waals surface area contributed by atoms with Crippen molar-refractivity contribution in [2.75, 3.05) is 7.11 Å². The Labute approximate surface area is 105 Å². The molecule has 1 aromatic carbocycles. The fourth-order valence-electron chi connectivity index (χ4n) is 1.79. The van der Waals surface area contributed by atoms with Gasteiger partial charge in [0.25, 0.3) is 5.56 Å². The van der Waals surface area contributed by atoms with E-state index < -0.39 is 0 Å². The summed E-state index contributed by atoms with van der Waals surface area (Å²) in [6, 6.07) is 12.4. The number of nitrogens with zero attached hydrogens (tertiary/aromatic N) is 2. The summed E-state index contributed by atoms with van der Waals surface area (Å²) in [5, 5.41) is 8.89. The maximum Gasteiger partial charge on any atom is 0.273 e. The van der Waals surface area contributed by atoms with Crippen LogP contribution in [0.25, 0.3) is 5.69 Å². The zero-order valence-corrected chi connectivity index (χ0v) is 10.2. The molecule has 0 amide bonds. The Balaban J connectivity index is 2.71. The summed E-state index contributed by atoms with van der Waals surface area (Å²) in [4.78, 5) is 12.1. The molecule has 0 saturated heterocycles. The summed E-state index contributed by atoms with van der Waals surface area (Å²) in [5.41, 5.74) is 1.27. The van der Waals surface area contributed by atoms with Gasteiger partial charge in [0, 0.05) is 11.8 Å². The molecule has 0 aliphatic heterocycles. The Kier molecular flexibility index (Phi) is 3.16. The van der Waals surface area contributed by atoms with Gasteiger partial charge >= 0.3 is 0 Å². The number of nitriles is 1. The second-order valence-electron chi connectivity index (χ2n) is 3.84. The van der Waals surface area contributed by atoms with Crippen LogP contribution in [-0.4, -0.2) is 11.7 Å². The highest BCUT2D eigenvalue weighted by molar-refractivity contribution is 5.42. The average Bonchev–Trinajstić information content (AvgIpc) is 2.39. The average molecular weight is 240 g/mol. The number of rotatable bonds is 2. The Hall–Kier alpha value is -2.54. The monoisotopic (exact) mass is 240 g/mol. The number of benzene rings is 1. The van der Waals surface area contributed by atoms with E-state index >= 15 is 0 Å². The first-order valence-corrected chi connectivity index (χ1v) is 5.44. The van der Waals surface area contributed by atoms with Crippen LogP contribution in [-0.2, 0) is 0 Å². The predicted molar refractivity (Wildman–Crippen MR) is 68.0 cm³/mol. The van der Waals surface area contributed by atoms with E-state index in [2.05, 4.69) is 0 Å². The molecule has 0 atom stereocenters. The van der Waals surface area contributed by atoms with Gasteiger partial charge in [-0.1, -0.05) is 6.07 Å². The molecule has 4 heteroatoms. The van der Waals surface area contributed by atoms with Crippen molar-refractivity contribution in [1.82, 2.24) is 4.57 Å². The van der Waals surface area contributed by atoms with E-state index in [1.165, 1.54) is 10.6 Å². The summed E-state index contributed by atoms with van der Waals surface area (Å²) in [5.74, 6) is 0.668. The molecule has 0 N–H and O–H groups in total. The van der Waals surface area contributed by atoms with Crippen LogP contribution < -0.4 is 10.3 Å². The lowest BCUT2D eigenvalue weighted by molar-refractivity contribution is 0.414. The zero-order chi connectivity index (χ0) is 13.1. The van der Waals surface area contributed by atoms with Gasteiger partial charge in [-0.15, -0.1) is 0 Å². The van der Waals surface area contributed by atoms with Crippen molar-refractivity contribution < 1.29 is 4.74 Å². The number of methoxy groups -OCH3 is 1. The molecule has 0 aliphatic rings. The Morgan fingerprint density at radius 1 is 1.28 bits per heavy atom. The van der Waals surface area contributed by atoms with Crippen LogP contribution in [0.1, 0.15) is 11.3 Å². The van der Waals surface area contributed by atoms with Crippen molar-refractivity contribution in [2.24, 2.45) is 0 Å². The lowest BCUT2D eigenvalue weighted by atomic mass is 10.2. The molecule has 0 aliphatic carbocycles. The van der Waals surface area contributed by atoms with Gasteiger partial charge in [0.05, 0.1) is 12.8 Å². The van der Waals surface area contributed by atoms with Gasteiger partial charge in [-0.25, -0.2) is 0 Å². The largest absolute Gasteiger partial charge is 0.497 e. The van der Waals surface area contributed by atoms with Gasteiger partial charge in [0.15, 0.2) is 0 Å². The van der Waals surface area contributed by atoms with E-state index in [1.54, 1.807) is 37.4 Å². The maximum atomic E-state index is 12.1. The van der Waals surface area contributed by atoms with Gasteiger partial charge in [-0.3, -0.25) is 9.36 Å². The molecule has 1 heterocycles. The van der Waals surface area contributed by atoms with Gasteiger partial charge < -0.3 is 4.74 Å². The Bertz CT molecular complexity index is 681. The molecule has 0 fully saturated rings. The Morgan fingerprint density at radius 3 is 2.72 bits per heavy atom. The maximum absolute atomic E-state index is 12.1. The van der Waals surface area contributed by atoms with Crippen LogP contribution >= 0.6 is 0 Å². The van der Waals surface area contributed by atoms with E-state index in [1.807, 2.05) is 13.0 Å². The van der Waals surface area contributed by atoms with Crippen LogP contribution in [0.4, 0.5) is 0 Å². The number of hydrogen-bond acceptors (Lipinski definition) is 3. The third-order valence-corrected chi connectivity index (χ3v) is 2.71. The van der Waals surface area contributed by atoms with Crippen LogP contribution in [0.3, 0.4) is 0 Å². The molecule has 0 radical (unpaired) electrons. The number of hydrogen-bond donors (Lipinski definition) is 0. The second-order valence-corrected chi connectivity index (χ2v) is 3.84. The molecule has 2 aromatic rings. The highest BCUT2D eigenvalue weighted by atomic mass is 16.5. The minimum atomic E-state index is -0.314. The number of aryl methyl sites for hydroxylation is 1. The predicted octanol–water partition coefficient (Wildman–Crippen LogP) is 2.03. The fraction of sp³-hybridized carbons (Fsp3) is 0.143. The lowest BCUT2D eigenvalue weighted by Gasteiger charge is -2.11. The van der Waals surface area contributed by atoms with E-state index in [9.17, 15) is 4.79 Å². The van der Waals surface area contributed by atoms with Crippen LogP contribution in [0.2, 0.25) is 0 Å². The van der Waals surface area contributed by atoms with Crippen molar-refractivity contribution in [3.63, 3.8) is 0 Å². The summed E-state index contributed by atoms with van der Waals surface area (Å²) in [6.45, 7) is 1.82. The molecular weight excluding hydrogens is 228 g/mol. The standard InChI is InChI=1S/C14H12N2O2/c1-10-6-7-11(9-15)14(17)16(10)12-4-3-5-13(8-12)18-2/h3-8H,1-2H3. The summed E-state index contributed by atoms with van der Waals surface area (Å²) >= 11 is 0. The SMILES string of the molecule is COc1cccc(-n2c(C)ccc(C#N)c2=O)c1. The third-order valence-electron chi connectivity index (χ3n) is 2.71. The van der Waals surface area contributed by atoms with Crippen LogP contribution in [0, 0.1) is 18.3 Å². The minimum Gasteiger partial charge on any atom is -0.497 e. The van der Waals surface area contributed by atoms with E-state index in [-0.39, 0.29) is 11.1 Å². The van der Waals surface area contributed by atoms with Crippen molar-refractivity contribution in [3.05, 3.63) is 58.0 Å². The third kappa shape index (κ3) is 1.98. The molecule has 90 valence electrons. The van der Waals surface area contributed by atoms with Crippen molar-refractivity contribution >= 4 is 0 Å². The molecule has 0 bridgehead atoms. The fourth-order valence-corrected chi connectivity index (χ4v) is 1.79. The van der Waals surface area contributed by atoms with Crippen molar-refractivity contribution in [1.29, 1.82) is 5.26 Å². The lowest BCUT2D eigenvalue weighted by Crippen LogP contribution is -2.22. The summed E-state index contributed by atoms with van der Waals surface area (Å²) < 4.78 is 6.63. The molecule has 4 nitrogen and oxygen atoms in total. The zero-order valence-electron chi connectivity index (χ0n) is 10.2. The molecule has 2 rings (SSSR count). The topological polar surface area (TPSA) is 55.0 Å². The number of pyridine rings is 1. The van der Waals surface area contributed by atoms with E-state index in [0.717, 1.165) is 5.69 Å². The Morgan fingerprint density at radius 2 is 2.06 bits per heavy atom. The summed E-state index contributed by atoms with van der Waals surface area (Å²) in [7, 11) is 1.57. The van der Waals surface area contributed by atoms with E-state index in [0.29, 0.717) is 11.4 Å². The van der Waals surface area contributed by atoms with Crippen LogP contribution in [0.15, 0.2) is 41.2 Å². The molecular formula is C14H12N2O2. The molecule has 18 heavy (non-hydrogen) atoms. The molecule has 0 saturated carbocycles. The van der Waals surface area contributed by atoms with Gasteiger partial charge in [0.1, 0.15) is 17.4 Å².